The van der Waals surface area contributed by atoms with Crippen molar-refractivity contribution >= 4 is 64.7 Å². The Hall–Kier alpha value is -2.11. The third-order valence-corrected chi connectivity index (χ3v) is 4.73. The molecule has 11 heteroatoms. The van der Waals surface area contributed by atoms with Gasteiger partial charge in [-0.2, -0.15) is 0 Å². The van der Waals surface area contributed by atoms with E-state index in [2.05, 4.69) is 31.1 Å². The average Bonchev–Trinajstić information content (AvgIpc) is 3.14. The highest BCUT2D eigenvalue weighted by Crippen LogP contribution is 2.22. The number of hydrogen-bond donors (Lipinski definition) is 3. The number of benzene rings is 1. The van der Waals surface area contributed by atoms with Crippen molar-refractivity contribution in [3.05, 3.63) is 64.0 Å². The molecule has 0 spiro atoms. The fourth-order valence-electron chi connectivity index (χ4n) is 2.59. The Balaban J connectivity index is 0.00000320. The van der Waals surface area contributed by atoms with Gasteiger partial charge < -0.3 is 16.0 Å². The van der Waals surface area contributed by atoms with Gasteiger partial charge in [0.05, 0.1) is 10.0 Å². The first-order valence-corrected chi connectivity index (χ1v) is 9.88. The summed E-state index contributed by atoms with van der Waals surface area (Å²) in [5, 5.41) is 18.2. The fourth-order valence-corrected chi connectivity index (χ4v) is 2.88. The lowest BCUT2D eigenvalue weighted by atomic mass is 10.2. The molecule has 1 amide bonds. The maximum Gasteiger partial charge on any atom is 0.251 e. The molecule has 0 aliphatic heterocycles. The zero-order chi connectivity index (χ0) is 20.6. The Labute approximate surface area is 201 Å². The van der Waals surface area contributed by atoms with Gasteiger partial charge in [-0.05, 0) is 37.3 Å². The van der Waals surface area contributed by atoms with Crippen molar-refractivity contribution in [3.63, 3.8) is 0 Å². The number of carbonyl (C=O) groups is 1. The summed E-state index contributed by atoms with van der Waals surface area (Å²) in [5.74, 6) is 1.15. The van der Waals surface area contributed by atoms with E-state index >= 15 is 0 Å². The predicted molar refractivity (Wildman–Crippen MR) is 130 cm³/mol. The highest BCUT2D eigenvalue weighted by Gasteiger charge is 2.08. The van der Waals surface area contributed by atoms with Crippen LogP contribution in [0.4, 0.5) is 0 Å². The molecule has 3 aromatic rings. The second-order valence-corrected chi connectivity index (χ2v) is 6.87. The molecule has 0 atom stereocenters. The molecular weight excluding hydrogens is 540 g/mol. The first kappa shape index (κ1) is 24.2. The van der Waals surface area contributed by atoms with Crippen molar-refractivity contribution in [2.45, 2.75) is 13.5 Å². The van der Waals surface area contributed by atoms with Gasteiger partial charge in [0.2, 0.25) is 0 Å². The van der Waals surface area contributed by atoms with E-state index < -0.39 is 0 Å². The lowest BCUT2D eigenvalue weighted by Gasteiger charge is -2.12. The largest absolute Gasteiger partial charge is 0.357 e. The monoisotopic (exact) mass is 561 g/mol. The highest BCUT2D eigenvalue weighted by molar-refractivity contribution is 14.0. The molecule has 30 heavy (non-hydrogen) atoms. The van der Waals surface area contributed by atoms with Gasteiger partial charge in [0.15, 0.2) is 17.4 Å². The van der Waals surface area contributed by atoms with Crippen LogP contribution in [-0.2, 0) is 6.54 Å². The van der Waals surface area contributed by atoms with E-state index in [4.69, 9.17) is 23.2 Å². The number of nitrogens with zero attached hydrogens (tertiary/aromatic N) is 4. The van der Waals surface area contributed by atoms with E-state index in [0.717, 1.165) is 11.5 Å². The van der Waals surface area contributed by atoms with Crippen molar-refractivity contribution < 1.29 is 4.79 Å². The number of aliphatic imine (C=N–C) groups is 1. The van der Waals surface area contributed by atoms with Crippen LogP contribution in [0.15, 0.2) is 47.6 Å². The molecule has 1 aromatic carbocycles. The van der Waals surface area contributed by atoms with Gasteiger partial charge in [-0.3, -0.25) is 9.20 Å². The number of nitrogens with one attached hydrogen (secondary N) is 3. The minimum Gasteiger partial charge on any atom is -0.357 e. The number of pyridine rings is 1. The molecule has 0 saturated carbocycles. The van der Waals surface area contributed by atoms with Crippen molar-refractivity contribution in [3.8, 4) is 0 Å². The summed E-state index contributed by atoms with van der Waals surface area (Å²) in [4.78, 5) is 16.7. The molecule has 0 saturated heterocycles. The van der Waals surface area contributed by atoms with Crippen LogP contribution in [0.3, 0.4) is 0 Å². The first-order valence-electron chi connectivity index (χ1n) is 9.12. The van der Waals surface area contributed by atoms with Crippen LogP contribution in [0.5, 0.6) is 0 Å². The minimum atomic E-state index is -0.220. The number of fused-ring (bicyclic) bond motifs is 1. The Morgan fingerprint density at radius 3 is 2.63 bits per heavy atom. The molecule has 160 valence electrons. The summed E-state index contributed by atoms with van der Waals surface area (Å²) in [6.07, 6.45) is 1.90. The van der Waals surface area contributed by atoms with Crippen LogP contribution in [0.25, 0.3) is 5.65 Å². The van der Waals surface area contributed by atoms with Gasteiger partial charge in [0, 0.05) is 31.4 Å². The standard InChI is InChI=1S/C19H21Cl2N7O.HI/c1-2-22-19(25-12-17-27-26-16-5-3-4-10-28(16)17)24-9-8-23-18(29)13-6-7-14(20)15(21)11-13;/h3-7,10-11H,2,8-9,12H2,1H3,(H,23,29)(H2,22,24,25);1H. The van der Waals surface area contributed by atoms with Crippen molar-refractivity contribution in [2.24, 2.45) is 4.99 Å². The van der Waals surface area contributed by atoms with E-state index in [1.807, 2.05) is 35.7 Å². The zero-order valence-corrected chi connectivity index (χ0v) is 20.1. The third-order valence-electron chi connectivity index (χ3n) is 3.99. The van der Waals surface area contributed by atoms with Crippen LogP contribution in [0, 0.1) is 0 Å². The molecule has 0 aliphatic carbocycles. The molecule has 0 bridgehead atoms. The number of halogens is 3. The molecule has 2 aromatic heterocycles. The summed E-state index contributed by atoms with van der Waals surface area (Å²) in [5.41, 5.74) is 1.24. The lowest BCUT2D eigenvalue weighted by molar-refractivity contribution is 0.0954. The van der Waals surface area contributed by atoms with Crippen LogP contribution in [0.1, 0.15) is 23.1 Å². The molecule has 0 fully saturated rings. The Morgan fingerprint density at radius 2 is 1.87 bits per heavy atom. The first-order chi connectivity index (χ1) is 14.1. The Kier molecular flexibility index (Phi) is 9.60. The number of amides is 1. The summed E-state index contributed by atoms with van der Waals surface area (Å²) in [6.45, 7) is 3.98. The number of aromatic nitrogens is 3. The van der Waals surface area contributed by atoms with Gasteiger partial charge in [-0.15, -0.1) is 34.2 Å². The molecule has 0 aliphatic rings. The summed E-state index contributed by atoms with van der Waals surface area (Å²) < 4.78 is 1.89. The smallest absolute Gasteiger partial charge is 0.251 e. The molecule has 3 N–H and O–H groups in total. The van der Waals surface area contributed by atoms with Crippen LogP contribution >= 0.6 is 47.2 Å². The minimum absolute atomic E-state index is 0. The molecule has 8 nitrogen and oxygen atoms in total. The predicted octanol–water partition coefficient (Wildman–Crippen LogP) is 3.14. The van der Waals surface area contributed by atoms with Crippen molar-refractivity contribution in [2.75, 3.05) is 19.6 Å². The molecule has 0 unspecified atom stereocenters. The van der Waals surface area contributed by atoms with Crippen molar-refractivity contribution in [1.29, 1.82) is 0 Å². The Morgan fingerprint density at radius 1 is 1.07 bits per heavy atom. The molecule has 3 rings (SSSR count). The molecular formula is C19H22Cl2IN7O. The van der Waals surface area contributed by atoms with Gasteiger partial charge in [0.1, 0.15) is 6.54 Å². The molecule has 0 radical (unpaired) electrons. The van der Waals surface area contributed by atoms with E-state index in [1.165, 1.54) is 0 Å². The zero-order valence-electron chi connectivity index (χ0n) is 16.2. The quantitative estimate of drug-likeness (QED) is 0.178. The normalized spacial score (nSPS) is 11.1. The van der Waals surface area contributed by atoms with Crippen LogP contribution in [-0.4, -0.2) is 46.1 Å². The topological polar surface area (TPSA) is 95.7 Å². The highest BCUT2D eigenvalue weighted by atomic mass is 127. The van der Waals surface area contributed by atoms with Gasteiger partial charge in [-0.25, -0.2) is 4.99 Å². The summed E-state index contributed by atoms with van der Waals surface area (Å²) >= 11 is 11.8. The number of guanidine groups is 1. The summed E-state index contributed by atoms with van der Waals surface area (Å²) in [7, 11) is 0. The second kappa shape index (κ2) is 11.9. The average molecular weight is 562 g/mol. The summed E-state index contributed by atoms with van der Waals surface area (Å²) in [6, 6.07) is 10.5. The van der Waals surface area contributed by atoms with Crippen LogP contribution in [0.2, 0.25) is 10.0 Å². The maximum absolute atomic E-state index is 12.2. The Bertz CT molecular complexity index is 1030. The molecule has 2 heterocycles. The van der Waals surface area contributed by atoms with Gasteiger partial charge in [-0.1, -0.05) is 29.3 Å². The van der Waals surface area contributed by atoms with Gasteiger partial charge in [0.25, 0.3) is 5.91 Å². The van der Waals surface area contributed by atoms with Gasteiger partial charge >= 0.3 is 0 Å². The maximum atomic E-state index is 12.2. The number of rotatable bonds is 7. The van der Waals surface area contributed by atoms with Crippen LogP contribution < -0.4 is 16.0 Å². The third kappa shape index (κ3) is 6.44. The fraction of sp³-hybridized carbons (Fsp3) is 0.263. The second-order valence-electron chi connectivity index (χ2n) is 6.05. The lowest BCUT2D eigenvalue weighted by Crippen LogP contribution is -2.41. The number of hydrogen-bond acceptors (Lipinski definition) is 4. The number of carbonyl (C=O) groups excluding carboxylic acids is 1. The van der Waals surface area contributed by atoms with E-state index in [9.17, 15) is 4.79 Å². The SMILES string of the molecule is CCNC(=NCc1nnc2ccccn12)NCCNC(=O)c1ccc(Cl)c(Cl)c1.I. The van der Waals surface area contributed by atoms with E-state index in [0.29, 0.717) is 47.7 Å². The van der Waals surface area contributed by atoms with E-state index in [1.54, 1.807) is 18.2 Å². The van der Waals surface area contributed by atoms with Crippen molar-refractivity contribution in [1.82, 2.24) is 30.5 Å². The van der Waals surface area contributed by atoms with E-state index in [-0.39, 0.29) is 29.9 Å².